The van der Waals surface area contributed by atoms with Crippen molar-refractivity contribution in [3.8, 4) is 5.88 Å². The number of rotatable bonds is 7. The van der Waals surface area contributed by atoms with Crippen molar-refractivity contribution < 1.29 is 27.5 Å². The molecule has 2 aliphatic rings. The molecule has 34 heavy (non-hydrogen) atoms. The second kappa shape index (κ2) is 10.4. The first kappa shape index (κ1) is 23.9. The summed E-state index contributed by atoms with van der Waals surface area (Å²) in [5.41, 5.74) is -1.05. The fourth-order valence-electron chi connectivity index (χ4n) is 4.32. The molecule has 11 heteroatoms. The number of carbonyl (C=O) groups excluding carboxylic acids is 2. The van der Waals surface area contributed by atoms with Gasteiger partial charge < -0.3 is 20.3 Å². The molecule has 2 amide bonds. The number of carbonyl (C=O) groups is 2. The molecule has 2 N–H and O–H groups in total. The van der Waals surface area contributed by atoms with Gasteiger partial charge >= 0.3 is 6.18 Å². The molecule has 1 aromatic carbocycles. The molecule has 0 bridgehead atoms. The Morgan fingerprint density at radius 1 is 1.09 bits per heavy atom. The van der Waals surface area contributed by atoms with Crippen molar-refractivity contribution in [1.29, 1.82) is 0 Å². The van der Waals surface area contributed by atoms with Crippen molar-refractivity contribution in [1.82, 2.24) is 25.7 Å². The van der Waals surface area contributed by atoms with Gasteiger partial charge in [0.25, 0.3) is 5.91 Å². The summed E-state index contributed by atoms with van der Waals surface area (Å²) in [7, 11) is 0. The van der Waals surface area contributed by atoms with Crippen LogP contribution in [0.1, 0.15) is 41.6 Å². The fourth-order valence-corrected chi connectivity index (χ4v) is 4.32. The molecular formula is C23H26F3N5O3. The van der Waals surface area contributed by atoms with Crippen molar-refractivity contribution in [2.45, 2.75) is 50.0 Å². The Morgan fingerprint density at radius 3 is 2.47 bits per heavy atom. The highest BCUT2D eigenvalue weighted by molar-refractivity contribution is 5.96. The van der Waals surface area contributed by atoms with Crippen molar-refractivity contribution in [2.24, 2.45) is 0 Å². The zero-order valence-corrected chi connectivity index (χ0v) is 18.4. The molecule has 0 radical (unpaired) electrons. The number of nitrogens with zero attached hydrogens (tertiary/aromatic N) is 3. The molecule has 182 valence electrons. The van der Waals surface area contributed by atoms with Crippen molar-refractivity contribution in [3.05, 3.63) is 53.7 Å². The second-order valence-electron chi connectivity index (χ2n) is 8.48. The summed E-state index contributed by atoms with van der Waals surface area (Å²) in [6, 6.07) is 7.69. The molecule has 1 aliphatic carbocycles. The van der Waals surface area contributed by atoms with Gasteiger partial charge in [0.1, 0.15) is 6.10 Å². The molecule has 1 saturated heterocycles. The number of amides is 2. The molecule has 2 aromatic rings. The van der Waals surface area contributed by atoms with E-state index < -0.39 is 17.6 Å². The molecule has 1 saturated carbocycles. The highest BCUT2D eigenvalue weighted by atomic mass is 19.4. The number of hydrogen-bond acceptors (Lipinski definition) is 6. The van der Waals surface area contributed by atoms with Crippen LogP contribution in [0.15, 0.2) is 42.6 Å². The number of hydrogen-bond donors (Lipinski definition) is 2. The zero-order chi connectivity index (χ0) is 24.1. The largest absolute Gasteiger partial charge is 0.473 e. The predicted octanol–water partition coefficient (Wildman–Crippen LogP) is 2.42. The Balaban J connectivity index is 1.33. The van der Waals surface area contributed by atoms with Gasteiger partial charge in [0.15, 0.2) is 0 Å². The van der Waals surface area contributed by atoms with Gasteiger partial charge in [0, 0.05) is 37.0 Å². The van der Waals surface area contributed by atoms with E-state index in [2.05, 4.69) is 20.8 Å². The van der Waals surface area contributed by atoms with Gasteiger partial charge in [0.05, 0.1) is 18.2 Å². The van der Waals surface area contributed by atoms with E-state index in [4.69, 9.17) is 4.74 Å². The van der Waals surface area contributed by atoms with Crippen LogP contribution in [0.5, 0.6) is 5.88 Å². The monoisotopic (exact) mass is 477 g/mol. The molecule has 0 atom stereocenters. The first-order valence-corrected chi connectivity index (χ1v) is 11.2. The predicted molar refractivity (Wildman–Crippen MR) is 116 cm³/mol. The van der Waals surface area contributed by atoms with E-state index in [-0.39, 0.29) is 36.2 Å². The highest BCUT2D eigenvalue weighted by Gasteiger charge is 2.37. The Hall–Kier alpha value is -3.21. The van der Waals surface area contributed by atoms with E-state index >= 15 is 0 Å². The van der Waals surface area contributed by atoms with Crippen LogP contribution in [-0.2, 0) is 11.0 Å². The van der Waals surface area contributed by atoms with Crippen molar-refractivity contribution in [2.75, 3.05) is 19.6 Å². The van der Waals surface area contributed by atoms with Crippen LogP contribution in [-0.4, -0.2) is 64.7 Å². The Bertz CT molecular complexity index is 993. The third-order valence-corrected chi connectivity index (χ3v) is 6.17. The quantitative estimate of drug-likeness (QED) is 0.636. The summed E-state index contributed by atoms with van der Waals surface area (Å²) >= 11 is 0. The van der Waals surface area contributed by atoms with Gasteiger partial charge in [-0.15, -0.1) is 5.10 Å². The average molecular weight is 477 g/mol. The van der Waals surface area contributed by atoms with Crippen LogP contribution in [0.25, 0.3) is 0 Å². The first-order valence-electron chi connectivity index (χ1n) is 11.2. The molecule has 0 spiro atoms. The zero-order valence-electron chi connectivity index (χ0n) is 18.4. The van der Waals surface area contributed by atoms with Crippen LogP contribution in [0.2, 0.25) is 0 Å². The van der Waals surface area contributed by atoms with Crippen LogP contribution in [0.3, 0.4) is 0 Å². The Morgan fingerprint density at radius 2 is 1.85 bits per heavy atom. The summed E-state index contributed by atoms with van der Waals surface area (Å²) in [4.78, 5) is 27.3. The van der Waals surface area contributed by atoms with E-state index in [0.717, 1.165) is 37.8 Å². The van der Waals surface area contributed by atoms with E-state index in [1.807, 2.05) is 4.90 Å². The smallest absolute Gasteiger partial charge is 0.416 e. The lowest BCUT2D eigenvalue weighted by molar-refractivity contribution is -0.138. The van der Waals surface area contributed by atoms with Gasteiger partial charge in [-0.05, 0) is 49.9 Å². The summed E-state index contributed by atoms with van der Waals surface area (Å²) in [5.74, 6) is -0.489. The Kier molecular flexibility index (Phi) is 7.30. The van der Waals surface area contributed by atoms with Crippen LogP contribution < -0.4 is 15.4 Å². The maximum absolute atomic E-state index is 13.1. The van der Waals surface area contributed by atoms with E-state index in [9.17, 15) is 22.8 Å². The van der Waals surface area contributed by atoms with Gasteiger partial charge in [-0.2, -0.15) is 18.3 Å². The molecule has 1 aliphatic heterocycles. The van der Waals surface area contributed by atoms with Gasteiger partial charge in [-0.25, -0.2) is 0 Å². The maximum Gasteiger partial charge on any atom is 0.416 e. The van der Waals surface area contributed by atoms with Gasteiger partial charge in [0.2, 0.25) is 11.8 Å². The number of nitrogens with one attached hydrogen (secondary N) is 2. The lowest BCUT2D eigenvalue weighted by Gasteiger charge is -2.45. The SMILES string of the molecule is O=C(NCC(=O)N(C1CCC(Oc2cccnn2)CC1)C1CNC1)c1cccc(C(F)(F)F)c1. The van der Waals surface area contributed by atoms with E-state index in [0.29, 0.717) is 19.0 Å². The minimum Gasteiger partial charge on any atom is -0.473 e. The summed E-state index contributed by atoms with van der Waals surface area (Å²) < 4.78 is 44.7. The number of aromatic nitrogens is 2. The van der Waals surface area contributed by atoms with Crippen LogP contribution >= 0.6 is 0 Å². The topological polar surface area (TPSA) is 96.5 Å². The van der Waals surface area contributed by atoms with Crippen molar-refractivity contribution in [3.63, 3.8) is 0 Å². The summed E-state index contributed by atoms with van der Waals surface area (Å²) in [6.45, 7) is 1.06. The fraction of sp³-hybridized carbons (Fsp3) is 0.478. The van der Waals surface area contributed by atoms with Crippen molar-refractivity contribution >= 4 is 11.8 Å². The van der Waals surface area contributed by atoms with E-state index in [1.165, 1.54) is 12.1 Å². The average Bonchev–Trinajstić information content (AvgIpc) is 2.80. The van der Waals surface area contributed by atoms with Crippen LogP contribution in [0, 0.1) is 0 Å². The molecule has 8 nitrogen and oxygen atoms in total. The molecule has 2 heterocycles. The van der Waals surface area contributed by atoms with Gasteiger partial charge in [-0.1, -0.05) is 6.07 Å². The number of alkyl halides is 3. The maximum atomic E-state index is 13.1. The standard InChI is InChI=1S/C23H26F3N5O3/c24-23(25,26)16-4-1-3-15(11-16)22(33)28-14-21(32)31(18-12-27-13-18)17-6-8-19(9-7-17)34-20-5-2-10-29-30-20/h1-5,10-11,17-19,27H,6-9,12-14H2,(H,28,33). The number of benzene rings is 1. The van der Waals surface area contributed by atoms with E-state index in [1.54, 1.807) is 18.3 Å². The first-order chi connectivity index (χ1) is 16.3. The molecule has 0 unspecified atom stereocenters. The molecule has 4 rings (SSSR count). The lowest BCUT2D eigenvalue weighted by Crippen LogP contribution is -2.63. The number of ether oxygens (including phenoxy) is 1. The lowest BCUT2D eigenvalue weighted by atomic mass is 9.90. The Labute approximate surface area is 194 Å². The highest BCUT2D eigenvalue weighted by Crippen LogP contribution is 2.30. The van der Waals surface area contributed by atoms with Gasteiger partial charge in [-0.3, -0.25) is 9.59 Å². The summed E-state index contributed by atoms with van der Waals surface area (Å²) in [5, 5.41) is 13.4. The van der Waals surface area contributed by atoms with Crippen LogP contribution in [0.4, 0.5) is 13.2 Å². The minimum atomic E-state index is -4.55. The third kappa shape index (κ3) is 5.82. The minimum absolute atomic E-state index is 0.00627. The normalized spacial score (nSPS) is 20.8. The number of halogens is 3. The molecule has 2 fully saturated rings. The molecule has 1 aromatic heterocycles. The summed E-state index contributed by atoms with van der Waals surface area (Å²) in [6.07, 6.45) is 0.0131. The third-order valence-electron chi connectivity index (χ3n) is 6.17. The second-order valence-corrected chi connectivity index (χ2v) is 8.48. The molecular weight excluding hydrogens is 451 g/mol.